The predicted octanol–water partition coefficient (Wildman–Crippen LogP) is 3.93. The Morgan fingerprint density at radius 3 is 2.84 bits per heavy atom. The van der Waals surface area contributed by atoms with Crippen molar-refractivity contribution in [2.45, 2.75) is 43.5 Å². The first-order valence-electron chi connectivity index (χ1n) is 6.81. The van der Waals surface area contributed by atoms with Gasteiger partial charge in [0, 0.05) is 22.4 Å². The second-order valence-corrected chi connectivity index (χ2v) is 6.82. The third-order valence-electron chi connectivity index (χ3n) is 3.52. The summed E-state index contributed by atoms with van der Waals surface area (Å²) in [6, 6.07) is 5.54. The number of ether oxygens (including phenoxy) is 1. The van der Waals surface area contributed by atoms with Gasteiger partial charge in [0.25, 0.3) is 0 Å². The fourth-order valence-corrected chi connectivity index (χ4v) is 4.00. The minimum absolute atomic E-state index is 0.335. The third kappa shape index (κ3) is 4.59. The quantitative estimate of drug-likeness (QED) is 0.863. The van der Waals surface area contributed by atoms with Crippen LogP contribution in [-0.4, -0.2) is 29.3 Å². The zero-order valence-corrected chi connectivity index (χ0v) is 12.8. The zero-order valence-electron chi connectivity index (χ0n) is 11.3. The van der Waals surface area contributed by atoms with Crippen LogP contribution in [0.3, 0.4) is 0 Å². The van der Waals surface area contributed by atoms with Crippen LogP contribution < -0.4 is 4.74 Å². The predicted molar refractivity (Wildman–Crippen MR) is 82.4 cm³/mol. The fraction of sp³-hybridized carbons (Fsp3) is 0.600. The molecule has 0 aromatic heterocycles. The molecule has 1 saturated carbocycles. The van der Waals surface area contributed by atoms with Crippen molar-refractivity contribution < 1.29 is 9.84 Å². The van der Waals surface area contributed by atoms with Gasteiger partial charge in [-0.2, -0.15) is 11.8 Å². The van der Waals surface area contributed by atoms with E-state index in [-0.39, 0.29) is 6.10 Å². The maximum atomic E-state index is 10.2. The van der Waals surface area contributed by atoms with Crippen LogP contribution in [0, 0.1) is 0 Å². The average Bonchev–Trinajstić information content (AvgIpc) is 2.90. The van der Waals surface area contributed by atoms with Crippen molar-refractivity contribution in [2.24, 2.45) is 0 Å². The highest BCUT2D eigenvalue weighted by molar-refractivity contribution is 7.99. The second kappa shape index (κ2) is 7.41. The molecule has 0 bridgehead atoms. The monoisotopic (exact) mass is 300 g/mol. The van der Waals surface area contributed by atoms with Crippen molar-refractivity contribution in [2.75, 3.05) is 12.9 Å². The highest BCUT2D eigenvalue weighted by atomic mass is 35.5. The third-order valence-corrected chi connectivity index (χ3v) is 5.28. The minimum atomic E-state index is -0.335. The van der Waals surface area contributed by atoms with E-state index in [1.807, 2.05) is 30.0 Å². The Labute approximate surface area is 124 Å². The van der Waals surface area contributed by atoms with Gasteiger partial charge >= 0.3 is 0 Å². The van der Waals surface area contributed by atoms with Gasteiger partial charge < -0.3 is 9.84 Å². The lowest BCUT2D eigenvalue weighted by Gasteiger charge is -2.15. The number of hydrogen-bond acceptors (Lipinski definition) is 3. The van der Waals surface area contributed by atoms with E-state index in [1.165, 1.54) is 25.7 Å². The van der Waals surface area contributed by atoms with Crippen molar-refractivity contribution in [3.8, 4) is 5.75 Å². The van der Waals surface area contributed by atoms with Crippen molar-refractivity contribution >= 4 is 23.4 Å². The van der Waals surface area contributed by atoms with Crippen LogP contribution in [0.1, 0.15) is 31.2 Å². The first-order chi connectivity index (χ1) is 9.19. The van der Waals surface area contributed by atoms with Crippen LogP contribution in [0.4, 0.5) is 0 Å². The first kappa shape index (κ1) is 15.0. The Hall–Kier alpha value is -0.380. The van der Waals surface area contributed by atoms with Gasteiger partial charge in [-0.15, -0.1) is 0 Å². The molecule has 0 radical (unpaired) electrons. The van der Waals surface area contributed by atoms with Gasteiger partial charge in [-0.05, 0) is 36.6 Å². The number of rotatable bonds is 6. The molecule has 0 heterocycles. The summed E-state index contributed by atoms with van der Waals surface area (Å²) in [6.45, 7) is 0. The van der Waals surface area contributed by atoms with Crippen molar-refractivity contribution in [3.05, 3.63) is 28.8 Å². The van der Waals surface area contributed by atoms with E-state index in [2.05, 4.69) is 0 Å². The molecule has 0 aliphatic heterocycles. The lowest BCUT2D eigenvalue weighted by atomic mass is 10.1. The summed E-state index contributed by atoms with van der Waals surface area (Å²) in [4.78, 5) is 0. The van der Waals surface area contributed by atoms with E-state index in [1.54, 1.807) is 7.11 Å². The van der Waals surface area contributed by atoms with Gasteiger partial charge in [-0.25, -0.2) is 0 Å². The molecule has 1 N–H and O–H groups in total. The SMILES string of the molecule is COc1ccc(Cl)cc1CC(O)CSC1CCCC1. The molecule has 19 heavy (non-hydrogen) atoms. The summed E-state index contributed by atoms with van der Waals surface area (Å²) in [5, 5.41) is 11.6. The average molecular weight is 301 g/mol. The number of halogens is 1. The molecule has 1 fully saturated rings. The summed E-state index contributed by atoms with van der Waals surface area (Å²) in [5.74, 6) is 1.59. The van der Waals surface area contributed by atoms with Gasteiger partial charge in [0.2, 0.25) is 0 Å². The molecule has 1 aliphatic carbocycles. The molecule has 1 aliphatic rings. The Kier molecular flexibility index (Phi) is 5.86. The molecule has 4 heteroatoms. The molecule has 1 aromatic rings. The van der Waals surface area contributed by atoms with E-state index >= 15 is 0 Å². The molecule has 0 spiro atoms. The number of benzene rings is 1. The Balaban J connectivity index is 1.86. The highest BCUT2D eigenvalue weighted by Gasteiger charge is 2.18. The Bertz CT molecular complexity index is 405. The van der Waals surface area contributed by atoms with Crippen LogP contribution in [-0.2, 0) is 6.42 Å². The summed E-state index contributed by atoms with van der Waals surface area (Å²) < 4.78 is 5.30. The van der Waals surface area contributed by atoms with Crippen molar-refractivity contribution in [1.82, 2.24) is 0 Å². The van der Waals surface area contributed by atoms with E-state index in [9.17, 15) is 5.11 Å². The number of thioether (sulfide) groups is 1. The topological polar surface area (TPSA) is 29.5 Å². The summed E-state index contributed by atoms with van der Waals surface area (Å²) in [5.41, 5.74) is 0.981. The molecule has 1 atom stereocenters. The van der Waals surface area contributed by atoms with E-state index < -0.39 is 0 Å². The van der Waals surface area contributed by atoms with Gasteiger partial charge in [-0.1, -0.05) is 24.4 Å². The van der Waals surface area contributed by atoms with E-state index in [0.29, 0.717) is 11.4 Å². The molecule has 2 rings (SSSR count). The summed E-state index contributed by atoms with van der Waals surface area (Å²) in [6.07, 6.45) is 5.56. The molecule has 0 amide bonds. The van der Waals surface area contributed by atoms with Crippen LogP contribution in [0.15, 0.2) is 18.2 Å². The van der Waals surface area contributed by atoms with Gasteiger partial charge in [0.15, 0.2) is 0 Å². The van der Waals surface area contributed by atoms with Crippen LogP contribution in [0.2, 0.25) is 5.02 Å². The molecule has 106 valence electrons. The highest BCUT2D eigenvalue weighted by Crippen LogP contribution is 2.30. The van der Waals surface area contributed by atoms with E-state index in [4.69, 9.17) is 16.3 Å². The molecular formula is C15H21ClO2S. The lowest BCUT2D eigenvalue weighted by Crippen LogP contribution is -2.16. The smallest absolute Gasteiger partial charge is 0.122 e. The molecule has 1 unspecified atom stereocenters. The Morgan fingerprint density at radius 1 is 1.42 bits per heavy atom. The number of aliphatic hydroxyl groups excluding tert-OH is 1. The maximum Gasteiger partial charge on any atom is 0.122 e. The molecule has 2 nitrogen and oxygen atoms in total. The van der Waals surface area contributed by atoms with Gasteiger partial charge in [0.1, 0.15) is 5.75 Å². The van der Waals surface area contributed by atoms with E-state index in [0.717, 1.165) is 22.3 Å². The first-order valence-corrected chi connectivity index (χ1v) is 8.24. The molecule has 0 saturated heterocycles. The van der Waals surface area contributed by atoms with Gasteiger partial charge in [0.05, 0.1) is 13.2 Å². The molecular weight excluding hydrogens is 280 g/mol. The maximum absolute atomic E-state index is 10.2. The second-order valence-electron chi connectivity index (χ2n) is 5.05. The Morgan fingerprint density at radius 2 is 2.16 bits per heavy atom. The standard InChI is InChI=1S/C15H21ClO2S/c1-18-15-7-6-12(16)8-11(15)9-13(17)10-19-14-4-2-3-5-14/h6-8,13-14,17H,2-5,9-10H2,1H3. The summed E-state index contributed by atoms with van der Waals surface area (Å²) in [7, 11) is 1.65. The number of aliphatic hydroxyl groups is 1. The zero-order chi connectivity index (χ0) is 13.7. The lowest BCUT2D eigenvalue weighted by molar-refractivity contribution is 0.198. The largest absolute Gasteiger partial charge is 0.496 e. The fourth-order valence-electron chi connectivity index (χ4n) is 2.52. The normalized spacial score (nSPS) is 17.6. The summed E-state index contributed by atoms with van der Waals surface area (Å²) >= 11 is 7.90. The van der Waals surface area contributed by atoms with Crippen LogP contribution in [0.25, 0.3) is 0 Å². The van der Waals surface area contributed by atoms with Crippen LogP contribution in [0.5, 0.6) is 5.75 Å². The van der Waals surface area contributed by atoms with Crippen LogP contribution >= 0.6 is 23.4 Å². The number of hydrogen-bond donors (Lipinski definition) is 1. The van der Waals surface area contributed by atoms with Crippen molar-refractivity contribution in [1.29, 1.82) is 0 Å². The minimum Gasteiger partial charge on any atom is -0.496 e. The van der Waals surface area contributed by atoms with Gasteiger partial charge in [-0.3, -0.25) is 0 Å². The molecule has 1 aromatic carbocycles. The number of methoxy groups -OCH3 is 1. The van der Waals surface area contributed by atoms with Crippen molar-refractivity contribution in [3.63, 3.8) is 0 Å².